The molecule has 30 heavy (non-hydrogen) atoms. The van der Waals surface area contributed by atoms with Gasteiger partial charge in [-0.15, -0.1) is 0 Å². The van der Waals surface area contributed by atoms with Crippen molar-refractivity contribution in [3.63, 3.8) is 0 Å². The molecule has 1 aliphatic carbocycles. The van der Waals surface area contributed by atoms with Crippen molar-refractivity contribution in [2.24, 2.45) is 11.8 Å². The van der Waals surface area contributed by atoms with Crippen LogP contribution in [0.2, 0.25) is 0 Å². The van der Waals surface area contributed by atoms with Gasteiger partial charge in [0.25, 0.3) is 0 Å². The first-order valence-corrected chi connectivity index (χ1v) is 10.5. The molecule has 2 fully saturated rings. The Bertz CT molecular complexity index is 893. The second-order valence-corrected chi connectivity index (χ2v) is 8.33. The second kappa shape index (κ2) is 7.83. The number of halogens is 4. The molecule has 4 rings (SSSR count). The molecule has 2 aromatic heterocycles. The summed E-state index contributed by atoms with van der Waals surface area (Å²) >= 11 is 0. The number of likely N-dealkylation sites (tertiary alicyclic amines) is 1. The average Bonchev–Trinajstić information content (AvgIpc) is 3.04. The third-order valence-corrected chi connectivity index (χ3v) is 6.58. The largest absolute Gasteiger partial charge is 0.419 e. The zero-order chi connectivity index (χ0) is 21.6. The molecule has 0 radical (unpaired) electrons. The number of fused-ring (bicyclic) bond motifs is 1. The van der Waals surface area contributed by atoms with Crippen molar-refractivity contribution in [3.8, 4) is 11.3 Å². The lowest BCUT2D eigenvalue weighted by molar-refractivity contribution is -0.137. The number of pyridine rings is 1. The average molecular weight is 425 g/mol. The van der Waals surface area contributed by atoms with Gasteiger partial charge in [-0.1, -0.05) is 13.8 Å². The summed E-state index contributed by atoms with van der Waals surface area (Å²) in [5.74, 6) is 1.50. The maximum absolute atomic E-state index is 13.3. The van der Waals surface area contributed by atoms with E-state index in [1.807, 2.05) is 6.20 Å². The van der Waals surface area contributed by atoms with Crippen LogP contribution < -0.4 is 5.73 Å². The van der Waals surface area contributed by atoms with Crippen molar-refractivity contribution in [3.05, 3.63) is 29.8 Å². The highest BCUT2D eigenvalue weighted by molar-refractivity contribution is 5.62. The van der Waals surface area contributed by atoms with E-state index in [-0.39, 0.29) is 18.6 Å². The smallest absolute Gasteiger partial charge is 0.383 e. The van der Waals surface area contributed by atoms with Crippen molar-refractivity contribution < 1.29 is 17.6 Å². The molecule has 1 saturated heterocycles. The van der Waals surface area contributed by atoms with Gasteiger partial charge < -0.3 is 15.2 Å². The van der Waals surface area contributed by atoms with Crippen LogP contribution in [0.4, 0.5) is 23.4 Å². The monoisotopic (exact) mass is 425 g/mol. The van der Waals surface area contributed by atoms with Gasteiger partial charge in [0.1, 0.15) is 18.3 Å². The number of nitrogens with zero attached hydrogens (tertiary/aromatic N) is 4. The van der Waals surface area contributed by atoms with E-state index in [2.05, 4.69) is 28.3 Å². The lowest BCUT2D eigenvalue weighted by Gasteiger charge is -2.20. The number of nitrogen functional groups attached to an aromatic ring is 1. The summed E-state index contributed by atoms with van der Waals surface area (Å²) in [4.78, 5) is 10.7. The molecular weight excluding hydrogens is 398 g/mol. The minimum atomic E-state index is -4.57. The van der Waals surface area contributed by atoms with Crippen LogP contribution in [0.3, 0.4) is 0 Å². The number of hydrogen-bond donors (Lipinski definition) is 1. The molecule has 5 nitrogen and oxygen atoms in total. The number of anilines is 1. The topological polar surface area (TPSA) is 60.0 Å². The van der Waals surface area contributed by atoms with Crippen molar-refractivity contribution in [1.29, 1.82) is 0 Å². The molecule has 0 bridgehead atoms. The predicted octanol–water partition coefficient (Wildman–Crippen LogP) is 4.52. The van der Waals surface area contributed by atoms with E-state index in [0.29, 0.717) is 29.6 Å². The Morgan fingerprint density at radius 3 is 2.43 bits per heavy atom. The Hall–Kier alpha value is -2.16. The third-order valence-electron chi connectivity index (χ3n) is 6.58. The molecular formula is C21H27F4N5. The fourth-order valence-corrected chi connectivity index (χ4v) is 4.88. The van der Waals surface area contributed by atoms with Crippen LogP contribution >= 0.6 is 0 Å². The van der Waals surface area contributed by atoms with E-state index >= 15 is 0 Å². The van der Waals surface area contributed by atoms with Gasteiger partial charge in [0.15, 0.2) is 0 Å². The van der Waals surface area contributed by atoms with Gasteiger partial charge in [-0.25, -0.2) is 14.4 Å². The lowest BCUT2D eigenvalue weighted by Crippen LogP contribution is -2.27. The van der Waals surface area contributed by atoms with Crippen LogP contribution in [-0.4, -0.2) is 45.7 Å². The van der Waals surface area contributed by atoms with E-state index in [1.165, 1.54) is 6.20 Å². The molecule has 0 aromatic carbocycles. The standard InChI is InChI=1S/C21H27F4N5/c1-3-12(4-2)20-28-17(13-7-16(21(23,24)25)19(26)27-8-13)11-30(20)18-14-9-29(6-5-22)10-15(14)18/h7-8,11-12,14-15,18H,3-6,9-10H2,1-2H3,(H2,26,27)/t14-,15+,18+. The summed E-state index contributed by atoms with van der Waals surface area (Å²) in [7, 11) is 0. The molecule has 2 aromatic rings. The van der Waals surface area contributed by atoms with Gasteiger partial charge in [-0.2, -0.15) is 13.2 Å². The Morgan fingerprint density at radius 2 is 1.87 bits per heavy atom. The van der Waals surface area contributed by atoms with Crippen molar-refractivity contribution >= 4 is 5.82 Å². The van der Waals surface area contributed by atoms with Crippen LogP contribution in [0.1, 0.15) is 50.0 Å². The van der Waals surface area contributed by atoms with E-state index in [4.69, 9.17) is 10.7 Å². The Kier molecular flexibility index (Phi) is 5.50. The second-order valence-electron chi connectivity index (χ2n) is 8.33. The highest BCUT2D eigenvalue weighted by Gasteiger charge is 2.57. The summed E-state index contributed by atoms with van der Waals surface area (Å²) in [5.41, 5.74) is 5.31. The molecule has 1 aliphatic heterocycles. The third kappa shape index (κ3) is 3.68. The van der Waals surface area contributed by atoms with Crippen LogP contribution in [0.25, 0.3) is 11.3 Å². The van der Waals surface area contributed by atoms with Crippen molar-refractivity contribution in [2.45, 2.75) is 44.8 Å². The van der Waals surface area contributed by atoms with Gasteiger partial charge in [-0.05, 0) is 30.7 Å². The van der Waals surface area contributed by atoms with Gasteiger partial charge >= 0.3 is 6.18 Å². The van der Waals surface area contributed by atoms with Gasteiger partial charge in [-0.3, -0.25) is 0 Å². The Balaban J connectivity index is 1.68. The number of rotatable bonds is 7. The normalized spacial score (nSPS) is 23.9. The molecule has 0 unspecified atom stereocenters. The molecule has 9 heteroatoms. The molecule has 3 heterocycles. The zero-order valence-corrected chi connectivity index (χ0v) is 17.2. The Morgan fingerprint density at radius 1 is 1.20 bits per heavy atom. The number of hydrogen-bond acceptors (Lipinski definition) is 4. The molecule has 1 saturated carbocycles. The number of aromatic nitrogens is 3. The lowest BCUT2D eigenvalue weighted by atomic mass is 10.0. The number of alkyl halides is 4. The molecule has 164 valence electrons. The fraction of sp³-hybridized carbons (Fsp3) is 0.619. The summed E-state index contributed by atoms with van der Waals surface area (Å²) in [6.07, 6.45) is 0.447. The highest BCUT2D eigenvalue weighted by atomic mass is 19.4. The van der Waals surface area contributed by atoms with E-state index in [0.717, 1.165) is 37.8 Å². The van der Waals surface area contributed by atoms with Crippen molar-refractivity contribution in [1.82, 2.24) is 19.4 Å². The van der Waals surface area contributed by atoms with Crippen LogP contribution in [-0.2, 0) is 6.18 Å². The number of nitrogens with two attached hydrogens (primary N) is 1. The van der Waals surface area contributed by atoms with Gasteiger partial charge in [0.2, 0.25) is 0 Å². The van der Waals surface area contributed by atoms with Crippen LogP contribution in [0, 0.1) is 11.8 Å². The highest BCUT2D eigenvalue weighted by Crippen LogP contribution is 2.56. The molecule has 0 amide bonds. The van der Waals surface area contributed by atoms with Gasteiger partial charge in [0, 0.05) is 49.6 Å². The maximum atomic E-state index is 13.3. The summed E-state index contributed by atoms with van der Waals surface area (Å²) in [6.45, 7) is 6.02. The van der Waals surface area contributed by atoms with E-state index in [1.54, 1.807) is 0 Å². The molecule has 3 atom stereocenters. The summed E-state index contributed by atoms with van der Waals surface area (Å²) < 4.78 is 54.7. The first-order valence-electron chi connectivity index (χ1n) is 10.5. The number of imidazole rings is 1. The van der Waals surface area contributed by atoms with Crippen molar-refractivity contribution in [2.75, 3.05) is 32.0 Å². The summed E-state index contributed by atoms with van der Waals surface area (Å²) in [5, 5.41) is 0. The Labute approximate surface area is 173 Å². The zero-order valence-electron chi connectivity index (χ0n) is 17.2. The quantitative estimate of drug-likeness (QED) is 0.663. The maximum Gasteiger partial charge on any atom is 0.419 e. The minimum absolute atomic E-state index is 0.228. The summed E-state index contributed by atoms with van der Waals surface area (Å²) in [6, 6.07) is 1.31. The van der Waals surface area contributed by atoms with E-state index < -0.39 is 17.6 Å². The van der Waals surface area contributed by atoms with Crippen LogP contribution in [0.5, 0.6) is 0 Å². The fourth-order valence-electron chi connectivity index (χ4n) is 4.88. The van der Waals surface area contributed by atoms with Gasteiger partial charge in [0.05, 0.1) is 11.3 Å². The first-order chi connectivity index (χ1) is 14.3. The van der Waals surface area contributed by atoms with E-state index in [9.17, 15) is 17.6 Å². The molecule has 2 aliphatic rings. The minimum Gasteiger partial charge on any atom is -0.383 e. The molecule has 0 spiro atoms. The molecule has 2 N–H and O–H groups in total. The predicted molar refractivity (Wildman–Crippen MR) is 107 cm³/mol. The number of piperidine rings is 1. The van der Waals surface area contributed by atoms with Crippen LogP contribution in [0.15, 0.2) is 18.5 Å². The first kappa shape index (κ1) is 21.1. The SMILES string of the molecule is CCC(CC)c1nc(-c2cnc(N)c(C(F)(F)F)c2)cn1[C@H]1[C@@H]2CN(CCF)C[C@@H]21.